The third-order valence-electron chi connectivity index (χ3n) is 4.23. The molecule has 1 saturated heterocycles. The lowest BCUT2D eigenvalue weighted by Crippen LogP contribution is -2.34. The Kier molecular flexibility index (Phi) is 6.84. The van der Waals surface area contributed by atoms with Gasteiger partial charge < -0.3 is 9.64 Å². The van der Waals surface area contributed by atoms with E-state index in [1.165, 1.54) is 19.6 Å². The quantitative estimate of drug-likeness (QED) is 0.867. The molecule has 0 atom stereocenters. The lowest BCUT2D eigenvalue weighted by Gasteiger charge is -2.25. The number of ether oxygens (including phenoxy) is 1. The standard InChI is InChI=1S/C18H28N2O4S/c1-14(2)19-25(22,23)17-13-15(9-10-16(17)24-3)18(21)20-11-7-5-4-6-8-12-20/h9-10,13-14,19H,4-8,11-12H2,1-3H3. The second kappa shape index (κ2) is 8.67. The van der Waals surface area contributed by atoms with Crippen molar-refractivity contribution in [1.82, 2.24) is 9.62 Å². The molecule has 0 saturated carbocycles. The van der Waals surface area contributed by atoms with E-state index in [9.17, 15) is 13.2 Å². The Hall–Kier alpha value is -1.60. The maximum Gasteiger partial charge on any atom is 0.253 e. The first kappa shape index (κ1) is 19.7. The van der Waals surface area contributed by atoms with Gasteiger partial charge in [0, 0.05) is 24.7 Å². The monoisotopic (exact) mass is 368 g/mol. The first-order valence-electron chi connectivity index (χ1n) is 8.85. The highest BCUT2D eigenvalue weighted by Gasteiger charge is 2.24. The molecule has 0 aromatic heterocycles. The Labute approximate surface area is 150 Å². The van der Waals surface area contributed by atoms with Crippen LogP contribution in [-0.2, 0) is 10.0 Å². The molecule has 0 radical (unpaired) electrons. The summed E-state index contributed by atoms with van der Waals surface area (Å²) in [5, 5.41) is 0. The molecule has 6 nitrogen and oxygen atoms in total. The summed E-state index contributed by atoms with van der Waals surface area (Å²) >= 11 is 0. The Balaban J connectivity index is 2.32. The van der Waals surface area contributed by atoms with Crippen molar-refractivity contribution < 1.29 is 17.9 Å². The van der Waals surface area contributed by atoms with E-state index in [-0.39, 0.29) is 22.6 Å². The number of carbonyl (C=O) groups excluding carboxylic acids is 1. The number of methoxy groups -OCH3 is 1. The van der Waals surface area contributed by atoms with Crippen molar-refractivity contribution in [3.05, 3.63) is 23.8 Å². The topological polar surface area (TPSA) is 75.7 Å². The molecule has 1 aliphatic heterocycles. The van der Waals surface area contributed by atoms with E-state index >= 15 is 0 Å². The number of carbonyl (C=O) groups is 1. The van der Waals surface area contributed by atoms with Crippen molar-refractivity contribution >= 4 is 15.9 Å². The van der Waals surface area contributed by atoms with Gasteiger partial charge in [0.15, 0.2) is 0 Å². The van der Waals surface area contributed by atoms with Gasteiger partial charge in [-0.05, 0) is 44.9 Å². The molecule has 1 N–H and O–H groups in total. The third-order valence-corrected chi connectivity index (χ3v) is 5.91. The van der Waals surface area contributed by atoms with Crippen molar-refractivity contribution in [2.24, 2.45) is 0 Å². The smallest absolute Gasteiger partial charge is 0.253 e. The van der Waals surface area contributed by atoms with E-state index in [0.29, 0.717) is 5.56 Å². The lowest BCUT2D eigenvalue weighted by molar-refractivity contribution is 0.0742. The van der Waals surface area contributed by atoms with Crippen molar-refractivity contribution in [3.8, 4) is 5.75 Å². The van der Waals surface area contributed by atoms with Gasteiger partial charge in [0.1, 0.15) is 10.6 Å². The van der Waals surface area contributed by atoms with Crippen molar-refractivity contribution in [2.45, 2.75) is 56.9 Å². The maximum atomic E-state index is 12.8. The van der Waals surface area contributed by atoms with Crippen LogP contribution in [0.5, 0.6) is 5.75 Å². The Bertz CT molecular complexity index is 693. The van der Waals surface area contributed by atoms with Gasteiger partial charge in [0.05, 0.1) is 7.11 Å². The number of nitrogens with zero attached hydrogens (tertiary/aromatic N) is 1. The molecule has 1 aromatic carbocycles. The molecule has 140 valence electrons. The molecule has 0 spiro atoms. The maximum absolute atomic E-state index is 12.8. The Morgan fingerprint density at radius 1 is 1.12 bits per heavy atom. The molecule has 7 heteroatoms. The number of hydrogen-bond acceptors (Lipinski definition) is 4. The van der Waals surface area contributed by atoms with Crippen LogP contribution in [0.25, 0.3) is 0 Å². The van der Waals surface area contributed by atoms with Crippen molar-refractivity contribution in [2.75, 3.05) is 20.2 Å². The zero-order valence-corrected chi connectivity index (χ0v) is 16.1. The van der Waals surface area contributed by atoms with E-state index in [1.54, 1.807) is 26.0 Å². The molecule has 1 aromatic rings. The van der Waals surface area contributed by atoms with Crippen LogP contribution in [0.15, 0.2) is 23.1 Å². The number of hydrogen-bond donors (Lipinski definition) is 1. The van der Waals surface area contributed by atoms with E-state index in [1.807, 2.05) is 4.90 Å². The zero-order chi connectivity index (χ0) is 18.4. The summed E-state index contributed by atoms with van der Waals surface area (Å²) in [5.74, 6) is 0.114. The minimum atomic E-state index is -3.75. The zero-order valence-electron chi connectivity index (χ0n) is 15.2. The summed E-state index contributed by atoms with van der Waals surface area (Å²) in [6, 6.07) is 4.36. The Morgan fingerprint density at radius 3 is 2.28 bits per heavy atom. The van der Waals surface area contributed by atoms with Crippen LogP contribution in [0.3, 0.4) is 0 Å². The number of sulfonamides is 1. The molecule has 0 bridgehead atoms. The van der Waals surface area contributed by atoms with Gasteiger partial charge in [-0.2, -0.15) is 0 Å². The van der Waals surface area contributed by atoms with Crippen LogP contribution < -0.4 is 9.46 Å². The largest absolute Gasteiger partial charge is 0.495 e. The fraction of sp³-hybridized carbons (Fsp3) is 0.611. The summed E-state index contributed by atoms with van der Waals surface area (Å²) in [5.41, 5.74) is 0.380. The molecule has 1 fully saturated rings. The summed E-state index contributed by atoms with van der Waals surface area (Å²) in [6.07, 6.45) is 5.45. The van der Waals surface area contributed by atoms with Crippen LogP contribution in [-0.4, -0.2) is 45.5 Å². The Morgan fingerprint density at radius 2 is 1.72 bits per heavy atom. The van der Waals surface area contributed by atoms with Gasteiger partial charge in [-0.25, -0.2) is 13.1 Å². The van der Waals surface area contributed by atoms with Gasteiger partial charge in [-0.15, -0.1) is 0 Å². The van der Waals surface area contributed by atoms with Gasteiger partial charge in [0.2, 0.25) is 10.0 Å². The number of nitrogens with one attached hydrogen (secondary N) is 1. The minimum Gasteiger partial charge on any atom is -0.495 e. The first-order valence-corrected chi connectivity index (χ1v) is 10.3. The van der Waals surface area contributed by atoms with Crippen molar-refractivity contribution in [1.29, 1.82) is 0 Å². The highest BCUT2D eigenvalue weighted by atomic mass is 32.2. The first-order chi connectivity index (χ1) is 11.8. The molecule has 1 heterocycles. The number of likely N-dealkylation sites (tertiary alicyclic amines) is 1. The van der Waals surface area contributed by atoms with Crippen molar-refractivity contribution in [3.63, 3.8) is 0 Å². The third kappa shape index (κ3) is 5.19. The van der Waals surface area contributed by atoms with Crippen LogP contribution in [0, 0.1) is 0 Å². The molecule has 1 aliphatic rings. The molecule has 0 aliphatic carbocycles. The van der Waals surface area contributed by atoms with E-state index in [4.69, 9.17) is 4.74 Å². The molecular weight excluding hydrogens is 340 g/mol. The summed E-state index contributed by atoms with van der Waals surface area (Å²) in [6.45, 7) is 4.94. The normalized spacial score (nSPS) is 16.4. The van der Waals surface area contributed by atoms with Crippen LogP contribution in [0.2, 0.25) is 0 Å². The predicted molar refractivity (Wildman–Crippen MR) is 97.4 cm³/mol. The average Bonchev–Trinajstić information content (AvgIpc) is 2.52. The second-order valence-electron chi connectivity index (χ2n) is 6.70. The van der Waals surface area contributed by atoms with Gasteiger partial charge >= 0.3 is 0 Å². The summed E-state index contributed by atoms with van der Waals surface area (Å²) in [7, 11) is -2.33. The molecule has 25 heavy (non-hydrogen) atoms. The number of benzene rings is 1. The van der Waals surface area contributed by atoms with Crippen LogP contribution in [0.4, 0.5) is 0 Å². The van der Waals surface area contributed by atoms with Gasteiger partial charge in [-0.1, -0.05) is 19.3 Å². The van der Waals surface area contributed by atoms with Crippen LogP contribution >= 0.6 is 0 Å². The fourth-order valence-corrected chi connectivity index (χ4v) is 4.47. The van der Waals surface area contributed by atoms with E-state index in [2.05, 4.69) is 4.72 Å². The average molecular weight is 368 g/mol. The summed E-state index contributed by atoms with van der Waals surface area (Å²) in [4.78, 5) is 14.7. The SMILES string of the molecule is COc1ccc(C(=O)N2CCCCCCC2)cc1S(=O)(=O)NC(C)C. The van der Waals surface area contributed by atoms with E-state index in [0.717, 1.165) is 38.8 Å². The second-order valence-corrected chi connectivity index (χ2v) is 8.38. The predicted octanol–water partition coefficient (Wildman–Crippen LogP) is 2.79. The number of rotatable bonds is 5. The fourth-order valence-electron chi connectivity index (χ4n) is 3.03. The number of amides is 1. The lowest BCUT2D eigenvalue weighted by atomic mass is 10.1. The minimum absolute atomic E-state index is 0.00148. The van der Waals surface area contributed by atoms with Gasteiger partial charge in [-0.3, -0.25) is 4.79 Å². The molecular formula is C18H28N2O4S. The molecule has 0 unspecified atom stereocenters. The summed E-state index contributed by atoms with van der Waals surface area (Å²) < 4.78 is 32.8. The van der Waals surface area contributed by atoms with Gasteiger partial charge in [0.25, 0.3) is 5.91 Å². The highest BCUT2D eigenvalue weighted by molar-refractivity contribution is 7.89. The molecule has 1 amide bonds. The molecule has 2 rings (SSSR count). The van der Waals surface area contributed by atoms with Crippen LogP contribution in [0.1, 0.15) is 56.3 Å². The highest BCUT2D eigenvalue weighted by Crippen LogP contribution is 2.26. The van der Waals surface area contributed by atoms with E-state index < -0.39 is 10.0 Å².